The van der Waals surface area contributed by atoms with Gasteiger partial charge in [-0.25, -0.2) is 4.98 Å². The van der Waals surface area contributed by atoms with Crippen molar-refractivity contribution in [1.29, 1.82) is 21.0 Å². The Balaban J connectivity index is 1.47. The molecule has 0 spiro atoms. The van der Waals surface area contributed by atoms with E-state index in [1.165, 1.54) is 12.1 Å². The first-order chi connectivity index (χ1) is 21.1. The number of hydrogen-bond acceptors (Lipinski definition) is 8. The predicted molar refractivity (Wildman–Crippen MR) is 165 cm³/mol. The van der Waals surface area contributed by atoms with Gasteiger partial charge in [-0.15, -0.1) is 0 Å². The third kappa shape index (κ3) is 4.12. The molecule has 0 aliphatic carbocycles. The van der Waals surface area contributed by atoms with Crippen LogP contribution in [-0.2, 0) is 0 Å². The Morgan fingerprint density at radius 3 is 1.86 bits per heavy atom. The van der Waals surface area contributed by atoms with E-state index in [-0.39, 0.29) is 16.7 Å². The van der Waals surface area contributed by atoms with Gasteiger partial charge in [0.25, 0.3) is 0 Å². The van der Waals surface area contributed by atoms with Crippen LogP contribution in [0.15, 0.2) is 91.0 Å². The monoisotopic (exact) mass is 565 g/mol. The van der Waals surface area contributed by atoms with Crippen molar-refractivity contribution in [2.75, 3.05) is 0 Å². The number of nitriles is 4. The van der Waals surface area contributed by atoms with Crippen molar-refractivity contribution in [3.8, 4) is 57.8 Å². The van der Waals surface area contributed by atoms with Crippen LogP contribution in [-0.4, -0.2) is 13.7 Å². The number of para-hydroxylation sites is 1. The molecule has 2 aromatic heterocycles. The number of fused-ring (bicyclic) bond motifs is 5. The fourth-order valence-corrected chi connectivity index (χ4v) is 6.08. The van der Waals surface area contributed by atoms with E-state index in [4.69, 9.17) is 9.36 Å². The summed E-state index contributed by atoms with van der Waals surface area (Å²) < 4.78 is 9.42. The maximum atomic E-state index is 9.77. The SMILES string of the molecule is N#Cc1ccc(-c2nc3ccccc3c3c2cc(-c2ccc(-c4c(C#N)cc(C#N)cc4C#N)cc2)c2nsnc23)cc1. The van der Waals surface area contributed by atoms with Crippen molar-refractivity contribution in [2.45, 2.75) is 0 Å². The average molecular weight is 566 g/mol. The summed E-state index contributed by atoms with van der Waals surface area (Å²) in [6, 6.07) is 36.5. The van der Waals surface area contributed by atoms with Crippen LogP contribution in [0.2, 0.25) is 0 Å². The summed E-state index contributed by atoms with van der Waals surface area (Å²) in [5.41, 5.74) is 8.36. The largest absolute Gasteiger partial charge is 0.247 e. The Bertz CT molecular complexity index is 2400. The van der Waals surface area contributed by atoms with Crippen LogP contribution in [0.5, 0.6) is 0 Å². The first-order valence-electron chi connectivity index (χ1n) is 13.1. The van der Waals surface area contributed by atoms with Crippen molar-refractivity contribution in [3.05, 3.63) is 113 Å². The lowest BCUT2D eigenvalue weighted by atomic mass is 9.91. The molecule has 0 amide bonds. The van der Waals surface area contributed by atoms with Crippen LogP contribution >= 0.6 is 11.7 Å². The normalized spacial score (nSPS) is 10.7. The van der Waals surface area contributed by atoms with E-state index in [0.29, 0.717) is 16.7 Å². The molecule has 0 saturated heterocycles. The number of nitrogens with zero attached hydrogens (tertiary/aromatic N) is 7. The molecule has 7 aromatic rings. The summed E-state index contributed by atoms with van der Waals surface area (Å²) in [4.78, 5) is 5.05. The number of hydrogen-bond donors (Lipinski definition) is 0. The van der Waals surface area contributed by atoms with Crippen LogP contribution in [0.3, 0.4) is 0 Å². The first kappa shape index (κ1) is 25.5. The van der Waals surface area contributed by atoms with Gasteiger partial charge >= 0.3 is 0 Å². The second-order valence-corrected chi connectivity index (χ2v) is 10.4. The highest BCUT2D eigenvalue weighted by Crippen LogP contribution is 2.41. The zero-order chi connectivity index (χ0) is 29.5. The second-order valence-electron chi connectivity index (χ2n) is 9.83. The van der Waals surface area contributed by atoms with E-state index in [1.54, 1.807) is 12.1 Å². The minimum absolute atomic E-state index is 0.266. The highest BCUT2D eigenvalue weighted by atomic mass is 32.1. The number of rotatable bonds is 3. The molecule has 43 heavy (non-hydrogen) atoms. The van der Waals surface area contributed by atoms with Gasteiger partial charge in [-0.2, -0.15) is 29.8 Å². The van der Waals surface area contributed by atoms with Gasteiger partial charge < -0.3 is 0 Å². The smallest absolute Gasteiger partial charge is 0.114 e. The lowest BCUT2D eigenvalue weighted by Crippen LogP contribution is -1.94. The quantitative estimate of drug-likeness (QED) is 0.199. The number of pyridine rings is 1. The average Bonchev–Trinajstić information content (AvgIpc) is 3.57. The molecule has 0 radical (unpaired) electrons. The van der Waals surface area contributed by atoms with Gasteiger partial charge in [-0.3, -0.25) is 0 Å². The van der Waals surface area contributed by atoms with Gasteiger partial charge in [0.2, 0.25) is 0 Å². The molecule has 0 bridgehead atoms. The summed E-state index contributed by atoms with van der Waals surface area (Å²) in [7, 11) is 0. The topological polar surface area (TPSA) is 134 Å². The van der Waals surface area contributed by atoms with E-state index < -0.39 is 0 Å². The predicted octanol–water partition coefficient (Wildman–Crippen LogP) is 7.88. The Labute approximate surface area is 249 Å². The van der Waals surface area contributed by atoms with Gasteiger partial charge in [0, 0.05) is 32.8 Å². The molecule has 0 aliphatic rings. The standard InChI is InChI=1S/C35H15N7S/c36-16-20-5-7-24(8-6-20)33-29-15-28(34-35(42-43-41-34)32(29)27-3-1-2-4-30(27)40-33)22-9-11-23(12-10-22)31-25(18-38)13-21(17-37)14-26(31)19-39/h1-15H. The fraction of sp³-hybridized carbons (Fsp3) is 0. The summed E-state index contributed by atoms with van der Waals surface area (Å²) in [6.07, 6.45) is 0. The molecule has 0 saturated carbocycles. The van der Waals surface area contributed by atoms with Crippen molar-refractivity contribution < 1.29 is 0 Å². The molecular weight excluding hydrogens is 551 g/mol. The van der Waals surface area contributed by atoms with Gasteiger partial charge in [0.05, 0.1) is 69.5 Å². The lowest BCUT2D eigenvalue weighted by molar-refractivity contribution is 1.41. The molecule has 7 rings (SSSR count). The maximum Gasteiger partial charge on any atom is 0.114 e. The minimum atomic E-state index is 0.266. The molecule has 0 fully saturated rings. The molecule has 7 nitrogen and oxygen atoms in total. The molecule has 0 atom stereocenters. The van der Waals surface area contributed by atoms with Crippen molar-refractivity contribution >= 4 is 44.4 Å². The molecule has 8 heteroatoms. The van der Waals surface area contributed by atoms with Crippen molar-refractivity contribution in [1.82, 2.24) is 13.7 Å². The van der Waals surface area contributed by atoms with Crippen LogP contribution in [0, 0.1) is 45.3 Å². The Morgan fingerprint density at radius 1 is 0.558 bits per heavy atom. The lowest BCUT2D eigenvalue weighted by Gasteiger charge is -2.14. The molecule has 5 aromatic carbocycles. The third-order valence-electron chi connectivity index (χ3n) is 7.48. The third-order valence-corrected chi connectivity index (χ3v) is 8.01. The highest BCUT2D eigenvalue weighted by Gasteiger charge is 2.20. The van der Waals surface area contributed by atoms with Crippen LogP contribution < -0.4 is 0 Å². The summed E-state index contributed by atoms with van der Waals surface area (Å²) >= 11 is 1.15. The Kier molecular flexibility index (Phi) is 6.04. The van der Waals surface area contributed by atoms with E-state index in [0.717, 1.165) is 66.8 Å². The zero-order valence-electron chi connectivity index (χ0n) is 22.2. The van der Waals surface area contributed by atoms with Gasteiger partial charge in [0.1, 0.15) is 11.0 Å². The zero-order valence-corrected chi connectivity index (χ0v) is 23.0. The molecule has 196 valence electrons. The highest BCUT2D eigenvalue weighted by molar-refractivity contribution is 7.00. The Hall–Kier alpha value is -6.45. The fourth-order valence-electron chi connectivity index (χ4n) is 5.52. The van der Waals surface area contributed by atoms with Crippen molar-refractivity contribution in [3.63, 3.8) is 0 Å². The number of benzene rings is 5. The summed E-state index contributed by atoms with van der Waals surface area (Å²) in [5, 5.41) is 41.0. The van der Waals surface area contributed by atoms with Crippen LogP contribution in [0.4, 0.5) is 0 Å². The van der Waals surface area contributed by atoms with Gasteiger partial charge in [-0.05, 0) is 47.5 Å². The molecular formula is C35H15N7S. The number of aromatic nitrogens is 3. The molecule has 0 N–H and O–H groups in total. The summed E-state index contributed by atoms with van der Waals surface area (Å²) in [5.74, 6) is 0. The maximum absolute atomic E-state index is 9.77. The minimum Gasteiger partial charge on any atom is -0.247 e. The van der Waals surface area contributed by atoms with E-state index in [1.807, 2.05) is 66.7 Å². The van der Waals surface area contributed by atoms with E-state index >= 15 is 0 Å². The van der Waals surface area contributed by atoms with Gasteiger partial charge in [-0.1, -0.05) is 54.6 Å². The second kappa shape index (κ2) is 10.2. The van der Waals surface area contributed by atoms with E-state index in [2.05, 4.69) is 28.6 Å². The van der Waals surface area contributed by atoms with Crippen molar-refractivity contribution in [2.24, 2.45) is 0 Å². The van der Waals surface area contributed by atoms with Crippen LogP contribution in [0.25, 0.3) is 66.2 Å². The first-order valence-corrected chi connectivity index (χ1v) is 13.8. The van der Waals surface area contributed by atoms with Crippen LogP contribution in [0.1, 0.15) is 22.3 Å². The molecule has 0 unspecified atom stereocenters. The molecule has 0 aliphatic heterocycles. The van der Waals surface area contributed by atoms with Gasteiger partial charge in [0.15, 0.2) is 0 Å². The summed E-state index contributed by atoms with van der Waals surface area (Å²) in [6.45, 7) is 0. The van der Waals surface area contributed by atoms with E-state index in [9.17, 15) is 21.0 Å². The Morgan fingerprint density at radius 2 is 1.19 bits per heavy atom. The molecule has 2 heterocycles.